The van der Waals surface area contributed by atoms with Gasteiger partial charge < -0.3 is 29.1 Å². The predicted molar refractivity (Wildman–Crippen MR) is 115 cm³/mol. The maximum absolute atomic E-state index is 13.8. The van der Waals surface area contributed by atoms with Gasteiger partial charge in [-0.3, -0.25) is 19.3 Å². The van der Waals surface area contributed by atoms with Gasteiger partial charge in [0.05, 0.1) is 38.4 Å². The second-order valence-corrected chi connectivity index (χ2v) is 9.12. The Morgan fingerprint density at radius 1 is 1.03 bits per heavy atom. The zero-order valence-electron chi connectivity index (χ0n) is 18.6. The highest BCUT2D eigenvalue weighted by Gasteiger charge is 2.71. The van der Waals surface area contributed by atoms with E-state index in [1.54, 1.807) is 11.0 Å². The molecule has 0 radical (unpaired) electrons. The Labute approximate surface area is 192 Å². The minimum atomic E-state index is -1.26. The summed E-state index contributed by atoms with van der Waals surface area (Å²) < 4.78 is 17.2. The van der Waals surface area contributed by atoms with Crippen molar-refractivity contribution < 1.29 is 33.7 Å². The maximum Gasteiger partial charge on any atom is 0.312 e. The van der Waals surface area contributed by atoms with Gasteiger partial charge in [-0.15, -0.1) is 0 Å². The monoisotopic (exact) mass is 461 g/mol. The first-order valence-electron chi connectivity index (χ1n) is 11.8. The quantitative estimate of drug-likeness (QED) is 0.402. The molecule has 3 saturated heterocycles. The molecule has 5 aliphatic rings. The SMILES string of the molecule is O=C1OCCC=C[C@H]2O[C@]34C=CCN(CCN5CCOCC5)C(=O)C3N(CCO)C(=O)[C@@H]4[C@@H]12. The lowest BCUT2D eigenvalue weighted by Crippen LogP contribution is -2.56. The van der Waals surface area contributed by atoms with Gasteiger partial charge in [-0.2, -0.15) is 0 Å². The number of carbonyl (C=O) groups excluding carboxylic acids is 3. The second kappa shape index (κ2) is 9.17. The standard InChI is InChI=1S/C23H31N3O7/c27-12-9-26-19-21(29)25(8-7-24-10-14-31-15-11-24)6-3-5-23(19)18(20(26)28)17-16(33-23)4-1-2-13-32-22(17)30/h1,3-5,16-19,27H,2,6-15H2/t16-,17+,18+,19?,23+/m1/s1. The van der Waals surface area contributed by atoms with Crippen molar-refractivity contribution in [2.75, 3.05) is 65.7 Å². The van der Waals surface area contributed by atoms with Crippen molar-refractivity contribution >= 4 is 17.8 Å². The second-order valence-electron chi connectivity index (χ2n) is 9.12. The van der Waals surface area contributed by atoms with E-state index < -0.39 is 35.6 Å². The van der Waals surface area contributed by atoms with Crippen molar-refractivity contribution in [3.63, 3.8) is 0 Å². The van der Waals surface area contributed by atoms with Gasteiger partial charge in [-0.1, -0.05) is 24.3 Å². The number of ether oxygens (including phenoxy) is 3. The molecule has 180 valence electrons. The highest BCUT2D eigenvalue weighted by molar-refractivity contribution is 5.99. The zero-order chi connectivity index (χ0) is 23.0. The normalized spacial score (nSPS) is 36.7. The van der Waals surface area contributed by atoms with Crippen LogP contribution in [0.5, 0.6) is 0 Å². The Bertz CT molecular complexity index is 855. The molecule has 1 unspecified atom stereocenters. The lowest BCUT2D eigenvalue weighted by atomic mass is 9.77. The summed E-state index contributed by atoms with van der Waals surface area (Å²) in [6.45, 7) is 4.60. The number of likely N-dealkylation sites (tertiary alicyclic amines) is 1. The minimum Gasteiger partial charge on any atom is -0.465 e. The van der Waals surface area contributed by atoms with Gasteiger partial charge >= 0.3 is 5.97 Å². The van der Waals surface area contributed by atoms with E-state index >= 15 is 0 Å². The van der Waals surface area contributed by atoms with Crippen molar-refractivity contribution in [2.24, 2.45) is 11.8 Å². The van der Waals surface area contributed by atoms with E-state index in [2.05, 4.69) is 4.90 Å². The van der Waals surface area contributed by atoms with Gasteiger partial charge in [0.15, 0.2) is 0 Å². The van der Waals surface area contributed by atoms with E-state index in [4.69, 9.17) is 14.2 Å². The number of cyclic esters (lactones) is 1. The summed E-state index contributed by atoms with van der Waals surface area (Å²) in [6, 6.07) is -0.931. The first kappa shape index (κ1) is 22.5. The molecule has 0 saturated carbocycles. The highest BCUT2D eigenvalue weighted by atomic mass is 16.6. The molecule has 5 aliphatic heterocycles. The zero-order valence-corrected chi connectivity index (χ0v) is 18.6. The van der Waals surface area contributed by atoms with Gasteiger partial charge in [0.25, 0.3) is 0 Å². The number of carbonyl (C=O) groups is 3. The topological polar surface area (TPSA) is 109 Å². The average Bonchev–Trinajstić information content (AvgIpc) is 3.18. The molecule has 3 fully saturated rings. The van der Waals surface area contributed by atoms with E-state index in [1.807, 2.05) is 18.2 Å². The third kappa shape index (κ3) is 3.78. The van der Waals surface area contributed by atoms with Crippen LogP contribution >= 0.6 is 0 Å². The number of fused-ring (bicyclic) bond motifs is 2. The van der Waals surface area contributed by atoms with Gasteiger partial charge in [0, 0.05) is 39.3 Å². The van der Waals surface area contributed by atoms with Crippen molar-refractivity contribution in [3.8, 4) is 0 Å². The molecule has 5 atom stereocenters. The molecule has 0 aliphatic carbocycles. The van der Waals surface area contributed by atoms with Crippen molar-refractivity contribution in [2.45, 2.75) is 24.2 Å². The van der Waals surface area contributed by atoms with Gasteiger partial charge in [-0.05, 0) is 6.42 Å². The van der Waals surface area contributed by atoms with E-state index in [-0.39, 0.29) is 31.6 Å². The van der Waals surface area contributed by atoms with Crippen LogP contribution in [0.1, 0.15) is 6.42 Å². The number of aliphatic hydroxyl groups is 1. The smallest absolute Gasteiger partial charge is 0.312 e. The third-order valence-corrected chi connectivity index (χ3v) is 7.33. The lowest BCUT2D eigenvalue weighted by molar-refractivity contribution is -0.155. The number of rotatable bonds is 5. The Morgan fingerprint density at radius 3 is 2.64 bits per heavy atom. The van der Waals surface area contributed by atoms with E-state index in [0.29, 0.717) is 39.3 Å². The molecular weight excluding hydrogens is 430 g/mol. The summed E-state index contributed by atoms with van der Waals surface area (Å²) in [7, 11) is 0. The van der Waals surface area contributed by atoms with Crippen LogP contribution in [0.15, 0.2) is 24.3 Å². The van der Waals surface area contributed by atoms with Crippen LogP contribution in [0.2, 0.25) is 0 Å². The molecule has 0 aromatic rings. The minimum absolute atomic E-state index is 0.00423. The number of hydrogen-bond acceptors (Lipinski definition) is 8. The Hall–Kier alpha value is -2.27. The first-order valence-corrected chi connectivity index (χ1v) is 11.8. The van der Waals surface area contributed by atoms with Gasteiger partial charge in [0.2, 0.25) is 11.8 Å². The molecule has 0 aromatic carbocycles. The third-order valence-electron chi connectivity index (χ3n) is 7.33. The van der Waals surface area contributed by atoms with E-state index in [9.17, 15) is 19.5 Å². The van der Waals surface area contributed by atoms with E-state index in [1.165, 1.54) is 4.90 Å². The number of β-amino-alcohol motifs (C(OH)–C–C–N with tert-alkyl or cyclic N) is 1. The Balaban J connectivity index is 1.46. The van der Waals surface area contributed by atoms with Gasteiger partial charge in [0.1, 0.15) is 17.6 Å². The van der Waals surface area contributed by atoms with Crippen molar-refractivity contribution in [3.05, 3.63) is 24.3 Å². The van der Waals surface area contributed by atoms with Crippen LogP contribution in [-0.4, -0.2) is 121 Å². The number of hydrogen-bond donors (Lipinski definition) is 1. The average molecular weight is 462 g/mol. The fourth-order valence-corrected chi connectivity index (χ4v) is 5.79. The number of amides is 2. The first-order chi connectivity index (χ1) is 16.1. The van der Waals surface area contributed by atoms with Crippen molar-refractivity contribution in [1.29, 1.82) is 0 Å². The van der Waals surface area contributed by atoms with Crippen molar-refractivity contribution in [1.82, 2.24) is 14.7 Å². The molecule has 1 spiro atoms. The lowest BCUT2D eigenvalue weighted by Gasteiger charge is -2.36. The number of morpholine rings is 1. The Morgan fingerprint density at radius 2 is 1.85 bits per heavy atom. The fraction of sp³-hybridized carbons (Fsp3) is 0.696. The Kier molecular flexibility index (Phi) is 6.26. The molecule has 0 bridgehead atoms. The van der Waals surface area contributed by atoms with Gasteiger partial charge in [-0.25, -0.2) is 0 Å². The molecule has 5 rings (SSSR count). The summed E-state index contributed by atoms with van der Waals surface area (Å²) in [5, 5.41) is 9.66. The largest absolute Gasteiger partial charge is 0.465 e. The van der Waals surface area contributed by atoms with Crippen LogP contribution in [0.25, 0.3) is 0 Å². The number of nitrogens with zero attached hydrogens (tertiary/aromatic N) is 3. The summed E-state index contributed by atoms with van der Waals surface area (Å²) in [5.74, 6) is -2.73. The predicted octanol–water partition coefficient (Wildman–Crippen LogP) is -1.21. The van der Waals surface area contributed by atoms with Crippen LogP contribution in [0, 0.1) is 11.8 Å². The summed E-state index contributed by atoms with van der Waals surface area (Å²) in [4.78, 5) is 45.7. The summed E-state index contributed by atoms with van der Waals surface area (Å²) in [5.41, 5.74) is -1.26. The molecule has 10 nitrogen and oxygen atoms in total. The van der Waals surface area contributed by atoms with Crippen LogP contribution in [0.3, 0.4) is 0 Å². The number of esters is 1. The van der Waals surface area contributed by atoms with Crippen LogP contribution < -0.4 is 0 Å². The summed E-state index contributed by atoms with van der Waals surface area (Å²) >= 11 is 0. The highest BCUT2D eigenvalue weighted by Crippen LogP contribution is 2.53. The molecule has 33 heavy (non-hydrogen) atoms. The molecule has 10 heteroatoms. The van der Waals surface area contributed by atoms with Crippen LogP contribution in [-0.2, 0) is 28.6 Å². The molecule has 0 aromatic heterocycles. The fourth-order valence-electron chi connectivity index (χ4n) is 5.79. The summed E-state index contributed by atoms with van der Waals surface area (Å²) in [6.07, 6.45) is 7.32. The molecule has 5 heterocycles. The number of aliphatic hydroxyl groups excluding tert-OH is 1. The van der Waals surface area contributed by atoms with E-state index in [0.717, 1.165) is 13.1 Å². The maximum atomic E-state index is 13.8. The van der Waals surface area contributed by atoms with Crippen LogP contribution in [0.4, 0.5) is 0 Å². The molecule has 2 amide bonds. The molecular formula is C23H31N3O7. The molecule has 1 N–H and O–H groups in total.